The number of ketones is 1. The molecule has 6 heteroatoms. The molecule has 1 aromatic rings. The number of aliphatic hydroxyl groups is 4. The Hall–Kier alpha value is -2.25. The summed E-state index contributed by atoms with van der Waals surface area (Å²) in [5, 5.41) is 38.4. The van der Waals surface area contributed by atoms with Crippen molar-refractivity contribution in [1.82, 2.24) is 0 Å². The van der Waals surface area contributed by atoms with Crippen molar-refractivity contribution in [3.05, 3.63) is 66.3 Å². The standard InChI is InChI=1S/C21H26O6/c22-15-20(25)19(24)10-6-9-17-18(23)11-13-21(17,26)12-4-5-14-27-16-7-2-1-3-8-16/h1-3,6-11,13,19-20,22,24-26H,4-5,12,14-15H2/b10-6+,17-9-. The van der Waals surface area contributed by atoms with E-state index in [1.165, 1.54) is 30.4 Å². The van der Waals surface area contributed by atoms with Crippen LogP contribution in [-0.2, 0) is 4.79 Å². The smallest absolute Gasteiger partial charge is 0.184 e. The van der Waals surface area contributed by atoms with Gasteiger partial charge in [0.15, 0.2) is 5.78 Å². The van der Waals surface area contributed by atoms with Crippen LogP contribution in [0.1, 0.15) is 19.3 Å². The fourth-order valence-electron chi connectivity index (χ4n) is 2.76. The summed E-state index contributed by atoms with van der Waals surface area (Å²) in [6, 6.07) is 9.46. The van der Waals surface area contributed by atoms with Gasteiger partial charge in [0.1, 0.15) is 23.6 Å². The van der Waals surface area contributed by atoms with Gasteiger partial charge in [0.25, 0.3) is 0 Å². The van der Waals surface area contributed by atoms with Crippen LogP contribution in [0.4, 0.5) is 0 Å². The molecule has 0 saturated carbocycles. The minimum Gasteiger partial charge on any atom is -0.494 e. The Balaban J connectivity index is 1.86. The molecule has 0 aliphatic heterocycles. The summed E-state index contributed by atoms with van der Waals surface area (Å²) in [5.41, 5.74) is -1.14. The first-order valence-corrected chi connectivity index (χ1v) is 8.96. The summed E-state index contributed by atoms with van der Waals surface area (Å²) < 4.78 is 5.61. The minimum absolute atomic E-state index is 0.216. The number of allylic oxidation sites excluding steroid dienone is 3. The Labute approximate surface area is 158 Å². The van der Waals surface area contributed by atoms with Crippen molar-refractivity contribution in [2.45, 2.75) is 37.1 Å². The quantitative estimate of drug-likeness (QED) is 0.363. The molecule has 3 unspecified atom stereocenters. The molecule has 0 aromatic heterocycles. The Morgan fingerprint density at radius 3 is 2.59 bits per heavy atom. The van der Waals surface area contributed by atoms with Gasteiger partial charge in [0, 0.05) is 5.57 Å². The topological polar surface area (TPSA) is 107 Å². The molecule has 0 heterocycles. The second-order valence-corrected chi connectivity index (χ2v) is 6.45. The lowest BCUT2D eigenvalue weighted by Crippen LogP contribution is -2.28. The molecule has 4 N–H and O–H groups in total. The summed E-state index contributed by atoms with van der Waals surface area (Å²) in [6.07, 6.45) is 6.11. The van der Waals surface area contributed by atoms with Gasteiger partial charge in [0.2, 0.25) is 0 Å². The highest BCUT2D eigenvalue weighted by Crippen LogP contribution is 2.31. The molecule has 3 atom stereocenters. The lowest BCUT2D eigenvalue weighted by atomic mass is 9.90. The molecule has 0 bridgehead atoms. The van der Waals surface area contributed by atoms with Crippen molar-refractivity contribution in [3.8, 4) is 5.75 Å². The van der Waals surface area contributed by atoms with Crippen LogP contribution in [0.5, 0.6) is 5.75 Å². The molecule has 27 heavy (non-hydrogen) atoms. The van der Waals surface area contributed by atoms with Crippen LogP contribution in [0, 0.1) is 0 Å². The molecular formula is C21H26O6. The third-order valence-corrected chi connectivity index (χ3v) is 4.36. The van der Waals surface area contributed by atoms with E-state index in [9.17, 15) is 20.1 Å². The summed E-state index contributed by atoms with van der Waals surface area (Å²) in [5.74, 6) is 0.501. The van der Waals surface area contributed by atoms with Gasteiger partial charge in [-0.25, -0.2) is 0 Å². The number of hydrogen-bond acceptors (Lipinski definition) is 6. The Morgan fingerprint density at radius 2 is 1.89 bits per heavy atom. The number of para-hydroxylation sites is 1. The maximum absolute atomic E-state index is 12.0. The lowest BCUT2D eigenvalue weighted by molar-refractivity contribution is -0.112. The predicted octanol–water partition coefficient (Wildman–Crippen LogP) is 1.30. The van der Waals surface area contributed by atoms with E-state index in [0.717, 1.165) is 12.2 Å². The molecule has 0 amide bonds. The number of rotatable bonds is 10. The average molecular weight is 374 g/mol. The first kappa shape index (κ1) is 21.1. The van der Waals surface area contributed by atoms with Crippen LogP contribution in [-0.4, -0.2) is 57.2 Å². The number of unbranched alkanes of at least 4 members (excludes halogenated alkanes) is 1. The Kier molecular flexibility index (Phi) is 7.94. The highest BCUT2D eigenvalue weighted by atomic mass is 16.5. The fourth-order valence-corrected chi connectivity index (χ4v) is 2.76. The van der Waals surface area contributed by atoms with Crippen molar-refractivity contribution >= 4 is 5.78 Å². The monoisotopic (exact) mass is 374 g/mol. The van der Waals surface area contributed by atoms with Crippen LogP contribution in [0.25, 0.3) is 0 Å². The molecule has 0 fully saturated rings. The number of aliphatic hydroxyl groups excluding tert-OH is 3. The van der Waals surface area contributed by atoms with E-state index < -0.39 is 24.4 Å². The zero-order valence-electron chi connectivity index (χ0n) is 15.1. The van der Waals surface area contributed by atoms with Gasteiger partial charge < -0.3 is 25.2 Å². The van der Waals surface area contributed by atoms with Crippen LogP contribution in [0.3, 0.4) is 0 Å². The summed E-state index contributed by atoms with van der Waals surface area (Å²) in [7, 11) is 0. The third-order valence-electron chi connectivity index (χ3n) is 4.36. The van der Waals surface area contributed by atoms with E-state index in [0.29, 0.717) is 19.4 Å². The fraction of sp³-hybridized carbons (Fsp3) is 0.381. The van der Waals surface area contributed by atoms with Gasteiger partial charge in [-0.15, -0.1) is 0 Å². The molecule has 2 rings (SSSR count). The van der Waals surface area contributed by atoms with Gasteiger partial charge in [-0.2, -0.15) is 0 Å². The van der Waals surface area contributed by atoms with E-state index in [1.54, 1.807) is 0 Å². The SMILES string of the molecule is O=C1C=CC(O)(CCCCOc2ccccc2)/C1=C\C=C\C(O)C(O)CO. The Morgan fingerprint density at radius 1 is 1.15 bits per heavy atom. The van der Waals surface area contributed by atoms with Crippen molar-refractivity contribution in [1.29, 1.82) is 0 Å². The van der Waals surface area contributed by atoms with Crippen LogP contribution in [0.15, 0.2) is 66.3 Å². The molecular weight excluding hydrogens is 348 g/mol. The van der Waals surface area contributed by atoms with Crippen LogP contribution >= 0.6 is 0 Å². The normalized spacial score (nSPS) is 23.3. The third kappa shape index (κ3) is 6.15. The first-order chi connectivity index (χ1) is 13.0. The van der Waals surface area contributed by atoms with Gasteiger partial charge >= 0.3 is 0 Å². The zero-order chi connectivity index (χ0) is 19.7. The molecule has 0 spiro atoms. The second-order valence-electron chi connectivity index (χ2n) is 6.45. The molecule has 0 radical (unpaired) electrons. The van der Waals surface area contributed by atoms with Crippen molar-refractivity contribution < 1.29 is 30.0 Å². The number of benzene rings is 1. The summed E-state index contributed by atoms with van der Waals surface area (Å²) in [6.45, 7) is -0.0561. The van der Waals surface area contributed by atoms with Crippen molar-refractivity contribution in [2.24, 2.45) is 0 Å². The molecule has 0 saturated heterocycles. The number of carbonyl (C=O) groups excluding carboxylic acids is 1. The maximum Gasteiger partial charge on any atom is 0.184 e. The van der Waals surface area contributed by atoms with Crippen LogP contribution < -0.4 is 4.74 Å². The van der Waals surface area contributed by atoms with Crippen molar-refractivity contribution in [2.75, 3.05) is 13.2 Å². The summed E-state index contributed by atoms with van der Waals surface area (Å²) >= 11 is 0. The number of carbonyl (C=O) groups is 1. The van der Waals surface area contributed by atoms with E-state index in [4.69, 9.17) is 9.84 Å². The van der Waals surface area contributed by atoms with E-state index >= 15 is 0 Å². The molecule has 146 valence electrons. The van der Waals surface area contributed by atoms with Gasteiger partial charge in [-0.3, -0.25) is 4.79 Å². The molecule has 1 aliphatic carbocycles. The average Bonchev–Trinajstić information content (AvgIpc) is 2.96. The highest BCUT2D eigenvalue weighted by Gasteiger charge is 2.36. The minimum atomic E-state index is -1.35. The van der Waals surface area contributed by atoms with Gasteiger partial charge in [0.05, 0.1) is 13.2 Å². The largest absolute Gasteiger partial charge is 0.494 e. The van der Waals surface area contributed by atoms with Gasteiger partial charge in [-0.1, -0.05) is 36.4 Å². The van der Waals surface area contributed by atoms with E-state index in [1.807, 2.05) is 30.3 Å². The predicted molar refractivity (Wildman–Crippen MR) is 101 cm³/mol. The molecule has 1 aliphatic rings. The second kappa shape index (κ2) is 10.2. The summed E-state index contributed by atoms with van der Waals surface area (Å²) in [4.78, 5) is 12.0. The van der Waals surface area contributed by atoms with Gasteiger partial charge in [-0.05, 0) is 43.5 Å². The van der Waals surface area contributed by atoms with Crippen molar-refractivity contribution in [3.63, 3.8) is 0 Å². The van der Waals surface area contributed by atoms with E-state index in [-0.39, 0.29) is 11.4 Å². The number of hydrogen-bond donors (Lipinski definition) is 4. The zero-order valence-corrected chi connectivity index (χ0v) is 15.1. The molecule has 6 nitrogen and oxygen atoms in total. The highest BCUT2D eigenvalue weighted by molar-refractivity contribution is 6.09. The Bertz CT molecular complexity index is 694. The van der Waals surface area contributed by atoms with Crippen LogP contribution in [0.2, 0.25) is 0 Å². The first-order valence-electron chi connectivity index (χ1n) is 8.96. The molecule has 1 aromatic carbocycles. The maximum atomic E-state index is 12.0. The number of ether oxygens (including phenoxy) is 1. The van der Waals surface area contributed by atoms with E-state index in [2.05, 4.69) is 0 Å². The lowest BCUT2D eigenvalue weighted by Gasteiger charge is -2.22.